The van der Waals surface area contributed by atoms with Crippen LogP contribution in [0.5, 0.6) is 0 Å². The number of hydrogen-bond acceptors (Lipinski definition) is 3. The van der Waals surface area contributed by atoms with Crippen LogP contribution in [0.3, 0.4) is 0 Å². The van der Waals surface area contributed by atoms with Gasteiger partial charge in [0.2, 0.25) is 0 Å². The molecule has 0 aliphatic carbocycles. The van der Waals surface area contributed by atoms with E-state index in [-0.39, 0.29) is 0 Å². The average Bonchev–Trinajstić information content (AvgIpc) is 2.64. The summed E-state index contributed by atoms with van der Waals surface area (Å²) in [7, 11) is 1.76. The first-order valence-corrected chi connectivity index (χ1v) is 9.19. The maximum atomic E-state index is 10.4. The van der Waals surface area contributed by atoms with Gasteiger partial charge >= 0.3 is 7.48 Å². The lowest BCUT2D eigenvalue weighted by atomic mass is 9.79. The zero-order valence-corrected chi connectivity index (χ0v) is 16.2. The van der Waals surface area contributed by atoms with Crippen molar-refractivity contribution in [1.82, 2.24) is 4.98 Å². The Balaban J connectivity index is 1.91. The fraction of sp³-hybridized carbons (Fsp3) is 0.261. The van der Waals surface area contributed by atoms with Gasteiger partial charge in [-0.2, -0.15) is 0 Å². The third kappa shape index (κ3) is 3.09. The molecule has 0 aliphatic rings. The van der Waals surface area contributed by atoms with Gasteiger partial charge in [-0.15, -0.1) is 0 Å². The number of aliphatic hydroxyl groups is 1. The van der Waals surface area contributed by atoms with E-state index >= 15 is 0 Å². The topological polar surface area (TPSA) is 42.4 Å². The first-order chi connectivity index (χ1) is 12.8. The van der Waals surface area contributed by atoms with Crippen molar-refractivity contribution in [2.24, 2.45) is 0 Å². The Hall–Kier alpha value is -2.43. The number of aromatic nitrogens is 1. The van der Waals surface area contributed by atoms with E-state index in [0.29, 0.717) is 0 Å². The molecule has 0 bridgehead atoms. The van der Waals surface area contributed by atoms with Gasteiger partial charge in [-0.05, 0) is 66.2 Å². The van der Waals surface area contributed by atoms with Crippen LogP contribution in [0.15, 0.2) is 60.9 Å². The number of pyridine rings is 1. The Labute approximate surface area is 160 Å². The number of fused-ring (bicyclic) bond motifs is 5. The fourth-order valence-corrected chi connectivity index (χ4v) is 3.25. The number of rotatable bonds is 4. The van der Waals surface area contributed by atoms with Gasteiger partial charge in [0.1, 0.15) is 0 Å². The third-order valence-corrected chi connectivity index (χ3v) is 5.63. The predicted molar refractivity (Wildman–Crippen MR) is 114 cm³/mol. The molecular weight excluding hydrogens is 333 g/mol. The van der Waals surface area contributed by atoms with Crippen LogP contribution in [0.25, 0.3) is 32.3 Å². The van der Waals surface area contributed by atoms with E-state index in [9.17, 15) is 5.11 Å². The molecule has 4 heteroatoms. The van der Waals surface area contributed by atoms with Crippen molar-refractivity contribution in [3.05, 3.63) is 60.9 Å². The summed E-state index contributed by atoms with van der Waals surface area (Å²) in [6.07, 6.45) is 3.72. The van der Waals surface area contributed by atoms with Crippen molar-refractivity contribution in [3.63, 3.8) is 0 Å². The molecule has 3 nitrogen and oxygen atoms in total. The van der Waals surface area contributed by atoms with Crippen molar-refractivity contribution in [2.75, 3.05) is 0 Å². The minimum atomic E-state index is -0.964. The van der Waals surface area contributed by atoms with Crippen LogP contribution in [0, 0.1) is 0 Å². The maximum absolute atomic E-state index is 10.4. The van der Waals surface area contributed by atoms with Crippen LogP contribution < -0.4 is 5.46 Å². The monoisotopic (exact) mass is 356 g/mol. The molecule has 27 heavy (non-hydrogen) atoms. The summed E-state index contributed by atoms with van der Waals surface area (Å²) >= 11 is 0. The number of benzene rings is 3. The molecule has 135 valence electrons. The minimum Gasteiger partial charge on any atom is -0.427 e. The molecule has 1 heterocycles. The summed E-state index contributed by atoms with van der Waals surface area (Å²) in [6, 6.07) is 16.9. The molecule has 1 N–H and O–H groups in total. The molecule has 0 amide bonds. The Kier molecular flexibility index (Phi) is 4.21. The van der Waals surface area contributed by atoms with E-state index in [1.54, 1.807) is 27.5 Å². The lowest BCUT2D eigenvalue weighted by Gasteiger charge is -2.37. The van der Waals surface area contributed by atoms with E-state index in [2.05, 4.69) is 47.4 Å². The van der Waals surface area contributed by atoms with Crippen LogP contribution in [0.1, 0.15) is 27.7 Å². The zero-order chi connectivity index (χ0) is 19.2. The Morgan fingerprint density at radius 1 is 0.889 bits per heavy atom. The molecule has 1 aromatic heterocycles. The van der Waals surface area contributed by atoms with Crippen LogP contribution >= 0.6 is 0 Å². The standard InChI is InChI=1S/C23H23BNO2/c1-22(2,26)23(3,4)27-24-20-13-16-10-9-15-7-5-6-8-17(15)21(16)19-14-25-12-11-18(19)20/h5-14,26H,1-4H3. The van der Waals surface area contributed by atoms with Crippen LogP contribution in [0.2, 0.25) is 0 Å². The number of hydrogen-bond donors (Lipinski definition) is 1. The highest BCUT2D eigenvalue weighted by molar-refractivity contribution is 6.53. The largest absolute Gasteiger partial charge is 0.427 e. The summed E-state index contributed by atoms with van der Waals surface area (Å²) in [6.45, 7) is 7.30. The molecule has 0 aliphatic heterocycles. The molecule has 0 spiro atoms. The van der Waals surface area contributed by atoms with Gasteiger partial charge in [0.25, 0.3) is 0 Å². The Morgan fingerprint density at radius 3 is 2.41 bits per heavy atom. The smallest absolute Gasteiger partial charge is 0.331 e. The van der Waals surface area contributed by atoms with E-state index in [4.69, 9.17) is 4.65 Å². The van der Waals surface area contributed by atoms with Crippen LogP contribution in [0.4, 0.5) is 0 Å². The minimum absolute atomic E-state index is 0.718. The molecule has 0 unspecified atom stereocenters. The van der Waals surface area contributed by atoms with Crippen LogP contribution in [-0.2, 0) is 4.65 Å². The first kappa shape index (κ1) is 18.0. The third-order valence-electron chi connectivity index (χ3n) is 5.63. The molecule has 0 atom stereocenters. The molecule has 3 aromatic carbocycles. The average molecular weight is 356 g/mol. The van der Waals surface area contributed by atoms with E-state index in [1.807, 2.05) is 26.1 Å². The predicted octanol–water partition coefficient (Wildman–Crippen LogP) is 4.35. The summed E-state index contributed by atoms with van der Waals surface area (Å²) in [5.74, 6) is 0. The van der Waals surface area contributed by atoms with E-state index in [0.717, 1.165) is 21.6 Å². The molecule has 4 rings (SSSR count). The second kappa shape index (κ2) is 6.33. The van der Waals surface area contributed by atoms with Crippen molar-refractivity contribution in [1.29, 1.82) is 0 Å². The SMILES string of the molecule is CC(C)(O)C(C)(C)O[B]c1cc2ccc3ccccc3c2c2cnccc12. The van der Waals surface area contributed by atoms with Crippen molar-refractivity contribution in [3.8, 4) is 0 Å². The highest BCUT2D eigenvalue weighted by atomic mass is 16.5. The van der Waals surface area contributed by atoms with Gasteiger partial charge in [0.15, 0.2) is 0 Å². The van der Waals surface area contributed by atoms with Gasteiger partial charge in [-0.3, -0.25) is 4.98 Å². The fourth-order valence-electron chi connectivity index (χ4n) is 3.25. The molecule has 0 saturated carbocycles. The van der Waals surface area contributed by atoms with Gasteiger partial charge < -0.3 is 9.76 Å². The second-order valence-corrected chi connectivity index (χ2v) is 8.08. The van der Waals surface area contributed by atoms with Gasteiger partial charge in [-0.25, -0.2) is 0 Å². The molecule has 0 saturated heterocycles. The number of nitrogens with zero attached hydrogens (tertiary/aromatic N) is 1. The molecular formula is C23H23BNO2. The van der Waals surface area contributed by atoms with E-state index < -0.39 is 11.2 Å². The summed E-state index contributed by atoms with van der Waals surface area (Å²) in [5, 5.41) is 17.3. The first-order valence-electron chi connectivity index (χ1n) is 9.19. The van der Waals surface area contributed by atoms with Gasteiger partial charge in [0.05, 0.1) is 11.2 Å². The van der Waals surface area contributed by atoms with Crippen molar-refractivity contribution >= 4 is 45.3 Å². The lowest BCUT2D eigenvalue weighted by Crippen LogP contribution is -2.49. The quantitative estimate of drug-likeness (QED) is 0.437. The van der Waals surface area contributed by atoms with E-state index in [1.165, 1.54) is 16.2 Å². The Morgan fingerprint density at radius 2 is 1.63 bits per heavy atom. The van der Waals surface area contributed by atoms with Gasteiger partial charge in [-0.1, -0.05) is 42.5 Å². The molecule has 1 radical (unpaired) electrons. The van der Waals surface area contributed by atoms with Crippen molar-refractivity contribution in [2.45, 2.75) is 38.9 Å². The summed E-state index contributed by atoms with van der Waals surface area (Å²) in [5.41, 5.74) is -0.703. The highest BCUT2D eigenvalue weighted by Gasteiger charge is 2.35. The molecule has 4 aromatic rings. The maximum Gasteiger partial charge on any atom is 0.331 e. The lowest BCUT2D eigenvalue weighted by molar-refractivity contribution is -0.0893. The van der Waals surface area contributed by atoms with Gasteiger partial charge in [0, 0.05) is 17.8 Å². The van der Waals surface area contributed by atoms with Crippen LogP contribution in [-0.4, -0.2) is 28.8 Å². The summed E-state index contributed by atoms with van der Waals surface area (Å²) < 4.78 is 6.03. The zero-order valence-electron chi connectivity index (χ0n) is 16.2. The Bertz CT molecular complexity index is 1150. The van der Waals surface area contributed by atoms with Crippen molar-refractivity contribution < 1.29 is 9.76 Å². The molecule has 0 fully saturated rings. The summed E-state index contributed by atoms with van der Waals surface area (Å²) in [4.78, 5) is 4.36. The normalized spacial score (nSPS) is 12.8. The highest BCUT2D eigenvalue weighted by Crippen LogP contribution is 2.31. The second-order valence-electron chi connectivity index (χ2n) is 8.08.